The highest BCUT2D eigenvalue weighted by Crippen LogP contribution is 2.29. The van der Waals surface area contributed by atoms with Gasteiger partial charge in [-0.3, -0.25) is 4.21 Å². The zero-order chi connectivity index (χ0) is 9.84. The fourth-order valence-corrected chi connectivity index (χ4v) is 4.08. The summed E-state index contributed by atoms with van der Waals surface area (Å²) < 4.78 is 11.9. The van der Waals surface area contributed by atoms with Crippen molar-refractivity contribution < 1.29 is 4.21 Å². The van der Waals surface area contributed by atoms with Gasteiger partial charge in [0.25, 0.3) is 0 Å². The molecule has 1 saturated carbocycles. The molecule has 1 aliphatic carbocycles. The maximum atomic E-state index is 11.9. The minimum absolute atomic E-state index is 0.396. The Kier molecular flexibility index (Phi) is 4.39. The van der Waals surface area contributed by atoms with Crippen LogP contribution >= 0.6 is 0 Å². The third-order valence-electron chi connectivity index (χ3n) is 2.73. The van der Waals surface area contributed by atoms with Crippen molar-refractivity contribution in [2.75, 3.05) is 12.3 Å². The van der Waals surface area contributed by atoms with Gasteiger partial charge in [0, 0.05) is 21.8 Å². The van der Waals surface area contributed by atoms with Gasteiger partial charge in [-0.2, -0.15) is 0 Å². The third-order valence-corrected chi connectivity index (χ3v) is 5.02. The van der Waals surface area contributed by atoms with Crippen molar-refractivity contribution in [3.05, 3.63) is 0 Å². The Balaban J connectivity index is 2.45. The van der Waals surface area contributed by atoms with Crippen LogP contribution in [0.2, 0.25) is 0 Å². The minimum atomic E-state index is -0.635. The molecular formula is C10H21NOS. The van der Waals surface area contributed by atoms with Gasteiger partial charge in [0.2, 0.25) is 0 Å². The van der Waals surface area contributed by atoms with Crippen molar-refractivity contribution in [1.29, 1.82) is 0 Å². The molecule has 0 aromatic rings. The summed E-state index contributed by atoms with van der Waals surface area (Å²) in [5.41, 5.74) is 5.66. The lowest BCUT2D eigenvalue weighted by Gasteiger charge is -2.18. The van der Waals surface area contributed by atoms with Crippen molar-refractivity contribution >= 4 is 10.8 Å². The average molecular weight is 203 g/mol. The lowest BCUT2D eigenvalue weighted by atomic mass is 10.1. The Bertz CT molecular complexity index is 182. The fourth-order valence-electron chi connectivity index (χ4n) is 2.07. The third kappa shape index (κ3) is 3.06. The van der Waals surface area contributed by atoms with Crippen LogP contribution in [0.4, 0.5) is 0 Å². The van der Waals surface area contributed by atoms with E-state index in [4.69, 9.17) is 5.73 Å². The van der Waals surface area contributed by atoms with E-state index in [1.165, 1.54) is 12.8 Å². The summed E-state index contributed by atoms with van der Waals surface area (Å²) in [4.78, 5) is 0. The molecule has 0 aromatic heterocycles. The molecule has 0 aliphatic heterocycles. The highest BCUT2D eigenvalue weighted by Gasteiger charge is 2.30. The standard InChI is InChI=1S/C10H21NOS/c1-8(2)7-13(12)10-5-3-4-9(10)6-11/h8-10H,3-7,11H2,1-2H3. The molecule has 3 heteroatoms. The molecular weight excluding hydrogens is 182 g/mol. The summed E-state index contributed by atoms with van der Waals surface area (Å²) in [6.45, 7) is 4.98. The van der Waals surface area contributed by atoms with Gasteiger partial charge in [0.05, 0.1) is 0 Å². The molecule has 3 atom stereocenters. The minimum Gasteiger partial charge on any atom is -0.330 e. The second-order valence-corrected chi connectivity index (χ2v) is 6.11. The smallest absolute Gasteiger partial charge is 0.0388 e. The Labute approximate surface area is 83.7 Å². The topological polar surface area (TPSA) is 43.1 Å². The van der Waals surface area contributed by atoms with Crippen LogP contribution < -0.4 is 5.73 Å². The molecule has 13 heavy (non-hydrogen) atoms. The first kappa shape index (κ1) is 11.2. The largest absolute Gasteiger partial charge is 0.330 e. The molecule has 0 radical (unpaired) electrons. The lowest BCUT2D eigenvalue weighted by Crippen LogP contribution is -2.29. The van der Waals surface area contributed by atoms with Gasteiger partial charge in [-0.15, -0.1) is 0 Å². The van der Waals surface area contributed by atoms with Gasteiger partial charge in [0.15, 0.2) is 0 Å². The molecule has 0 bridgehead atoms. The summed E-state index contributed by atoms with van der Waals surface area (Å²) in [6, 6.07) is 0. The molecule has 1 rings (SSSR count). The van der Waals surface area contributed by atoms with Gasteiger partial charge in [-0.05, 0) is 31.2 Å². The van der Waals surface area contributed by atoms with Crippen LogP contribution in [0.3, 0.4) is 0 Å². The molecule has 1 aliphatic rings. The first-order chi connectivity index (χ1) is 6.15. The van der Waals surface area contributed by atoms with Gasteiger partial charge in [0.1, 0.15) is 0 Å². The van der Waals surface area contributed by atoms with Gasteiger partial charge < -0.3 is 5.73 Å². The Morgan fingerprint density at radius 1 is 1.46 bits per heavy atom. The fraction of sp³-hybridized carbons (Fsp3) is 1.00. The van der Waals surface area contributed by atoms with Crippen LogP contribution in [0.5, 0.6) is 0 Å². The van der Waals surface area contributed by atoms with E-state index in [-0.39, 0.29) is 0 Å². The van der Waals surface area contributed by atoms with Crippen LogP contribution in [-0.4, -0.2) is 21.8 Å². The highest BCUT2D eigenvalue weighted by molar-refractivity contribution is 7.85. The maximum Gasteiger partial charge on any atom is 0.0388 e. The molecule has 0 aromatic carbocycles. The van der Waals surface area contributed by atoms with E-state index in [1.54, 1.807) is 0 Å². The normalized spacial score (nSPS) is 31.1. The van der Waals surface area contributed by atoms with Crippen molar-refractivity contribution in [2.24, 2.45) is 17.6 Å². The molecule has 78 valence electrons. The predicted molar refractivity (Wildman–Crippen MR) is 58.0 cm³/mol. The molecule has 3 unspecified atom stereocenters. The first-order valence-electron chi connectivity index (χ1n) is 5.22. The Morgan fingerprint density at radius 2 is 2.15 bits per heavy atom. The monoisotopic (exact) mass is 203 g/mol. The van der Waals surface area contributed by atoms with E-state index < -0.39 is 10.8 Å². The van der Waals surface area contributed by atoms with E-state index in [2.05, 4.69) is 13.8 Å². The van der Waals surface area contributed by atoms with Crippen LogP contribution in [0, 0.1) is 11.8 Å². The van der Waals surface area contributed by atoms with Crippen molar-refractivity contribution in [3.63, 3.8) is 0 Å². The van der Waals surface area contributed by atoms with Crippen LogP contribution in [-0.2, 0) is 10.8 Å². The molecule has 2 N–H and O–H groups in total. The number of hydrogen-bond donors (Lipinski definition) is 1. The molecule has 0 heterocycles. The van der Waals surface area contributed by atoms with Gasteiger partial charge in [-0.1, -0.05) is 20.3 Å². The molecule has 2 nitrogen and oxygen atoms in total. The van der Waals surface area contributed by atoms with E-state index >= 15 is 0 Å². The van der Waals surface area contributed by atoms with Gasteiger partial charge in [-0.25, -0.2) is 0 Å². The quantitative estimate of drug-likeness (QED) is 0.753. The highest BCUT2D eigenvalue weighted by atomic mass is 32.2. The number of nitrogens with two attached hydrogens (primary N) is 1. The Morgan fingerprint density at radius 3 is 2.69 bits per heavy atom. The van der Waals surface area contributed by atoms with Crippen LogP contribution in [0.25, 0.3) is 0 Å². The maximum absolute atomic E-state index is 11.9. The first-order valence-corrected chi connectivity index (χ1v) is 6.60. The van der Waals surface area contributed by atoms with Crippen molar-refractivity contribution in [1.82, 2.24) is 0 Å². The van der Waals surface area contributed by atoms with Crippen molar-refractivity contribution in [3.8, 4) is 0 Å². The molecule has 0 saturated heterocycles. The second kappa shape index (κ2) is 5.11. The van der Waals surface area contributed by atoms with E-state index in [0.29, 0.717) is 23.6 Å². The number of hydrogen-bond acceptors (Lipinski definition) is 2. The van der Waals surface area contributed by atoms with E-state index in [1.807, 2.05) is 0 Å². The molecule has 0 amide bonds. The predicted octanol–water partition coefficient (Wildman–Crippen LogP) is 1.52. The summed E-state index contributed by atoms with van der Waals surface area (Å²) in [5, 5.41) is 0.396. The number of rotatable bonds is 4. The summed E-state index contributed by atoms with van der Waals surface area (Å²) >= 11 is 0. The molecule has 0 spiro atoms. The van der Waals surface area contributed by atoms with E-state index in [0.717, 1.165) is 12.2 Å². The van der Waals surface area contributed by atoms with Gasteiger partial charge >= 0.3 is 0 Å². The summed E-state index contributed by atoms with van der Waals surface area (Å²) in [7, 11) is -0.635. The van der Waals surface area contributed by atoms with Crippen molar-refractivity contribution in [2.45, 2.75) is 38.4 Å². The zero-order valence-electron chi connectivity index (χ0n) is 8.66. The summed E-state index contributed by atoms with van der Waals surface area (Å²) in [6.07, 6.45) is 3.53. The van der Waals surface area contributed by atoms with Crippen LogP contribution in [0.15, 0.2) is 0 Å². The average Bonchev–Trinajstić information content (AvgIpc) is 2.49. The SMILES string of the molecule is CC(C)CS(=O)C1CCCC1CN. The summed E-state index contributed by atoms with van der Waals surface area (Å²) in [5.74, 6) is 1.92. The van der Waals surface area contributed by atoms with Crippen LogP contribution in [0.1, 0.15) is 33.1 Å². The Hall–Kier alpha value is 0.110. The zero-order valence-corrected chi connectivity index (χ0v) is 9.48. The second-order valence-electron chi connectivity index (χ2n) is 4.41. The molecule has 1 fully saturated rings. The van der Waals surface area contributed by atoms with E-state index in [9.17, 15) is 4.21 Å². The lowest BCUT2D eigenvalue weighted by molar-refractivity contribution is 0.554.